The van der Waals surface area contributed by atoms with Gasteiger partial charge in [0.1, 0.15) is 11.9 Å². The van der Waals surface area contributed by atoms with Crippen molar-refractivity contribution in [3.8, 4) is 0 Å². The largest absolute Gasteiger partial charge is 0.354 e. The van der Waals surface area contributed by atoms with Crippen LogP contribution in [0.25, 0.3) is 0 Å². The van der Waals surface area contributed by atoms with Crippen molar-refractivity contribution in [1.82, 2.24) is 10.2 Å². The van der Waals surface area contributed by atoms with Crippen LogP contribution in [0.5, 0.6) is 0 Å². The number of carbonyl (C=O) groups is 2. The zero-order valence-electron chi connectivity index (χ0n) is 16.9. The van der Waals surface area contributed by atoms with Gasteiger partial charge in [0.2, 0.25) is 11.8 Å². The summed E-state index contributed by atoms with van der Waals surface area (Å²) in [4.78, 5) is 27.1. The molecule has 0 aromatic heterocycles. The first kappa shape index (κ1) is 24.4. The maximum Gasteiger partial charge on any atom is 0.242 e. The monoisotopic (exact) mass is 472 g/mol. The van der Waals surface area contributed by atoms with Crippen LogP contribution in [0, 0.1) is 5.82 Å². The Morgan fingerprint density at radius 1 is 1.13 bits per heavy atom. The minimum absolute atomic E-state index is 0.0727. The molecule has 0 fully saturated rings. The molecule has 0 unspecified atom stereocenters. The minimum Gasteiger partial charge on any atom is -0.354 e. The van der Waals surface area contributed by atoms with E-state index >= 15 is 0 Å². The molecule has 30 heavy (non-hydrogen) atoms. The number of halogens is 4. The standard InChI is InChI=1S/C22H24Cl3FN2O2/c1-3-4-10-27-22(30)14(2)28(13-15-8-9-16(23)11-19(15)25)21(29)12-17-18(24)6-5-7-20(17)26/h5-9,11,14H,3-4,10,12-13H2,1-2H3,(H,27,30)/t14-/m0/s1. The van der Waals surface area contributed by atoms with Crippen LogP contribution in [0.2, 0.25) is 15.1 Å². The van der Waals surface area contributed by atoms with Gasteiger partial charge in [0.05, 0.1) is 6.42 Å². The van der Waals surface area contributed by atoms with E-state index in [9.17, 15) is 14.0 Å². The summed E-state index contributed by atoms with van der Waals surface area (Å²) < 4.78 is 14.2. The molecule has 0 heterocycles. The maximum absolute atomic E-state index is 14.2. The van der Waals surface area contributed by atoms with Crippen molar-refractivity contribution in [2.45, 2.75) is 45.7 Å². The van der Waals surface area contributed by atoms with Crippen LogP contribution >= 0.6 is 34.8 Å². The first-order valence-corrected chi connectivity index (χ1v) is 10.8. The van der Waals surface area contributed by atoms with Crippen LogP contribution in [-0.2, 0) is 22.6 Å². The molecule has 8 heteroatoms. The summed E-state index contributed by atoms with van der Waals surface area (Å²) in [5.41, 5.74) is 0.720. The average molecular weight is 474 g/mol. The predicted molar refractivity (Wildman–Crippen MR) is 120 cm³/mol. The number of amides is 2. The Morgan fingerprint density at radius 2 is 1.87 bits per heavy atom. The van der Waals surface area contributed by atoms with E-state index in [0.717, 1.165) is 12.8 Å². The molecule has 2 aromatic carbocycles. The van der Waals surface area contributed by atoms with E-state index in [1.165, 1.54) is 23.1 Å². The molecule has 0 saturated carbocycles. The summed E-state index contributed by atoms with van der Waals surface area (Å²) in [5, 5.41) is 3.83. The number of benzene rings is 2. The lowest BCUT2D eigenvalue weighted by atomic mass is 10.1. The highest BCUT2D eigenvalue weighted by molar-refractivity contribution is 6.35. The normalized spacial score (nSPS) is 11.8. The molecule has 4 nitrogen and oxygen atoms in total. The molecule has 2 aromatic rings. The summed E-state index contributed by atoms with van der Waals surface area (Å²) >= 11 is 18.3. The summed E-state index contributed by atoms with van der Waals surface area (Å²) in [7, 11) is 0. The number of hydrogen-bond donors (Lipinski definition) is 1. The van der Waals surface area contributed by atoms with Crippen molar-refractivity contribution in [3.05, 3.63) is 68.4 Å². The second kappa shape index (κ2) is 11.5. The number of unbranched alkanes of at least 4 members (excludes halogenated alkanes) is 1. The van der Waals surface area contributed by atoms with E-state index in [1.54, 1.807) is 25.1 Å². The first-order chi connectivity index (χ1) is 14.2. The average Bonchev–Trinajstić information content (AvgIpc) is 2.69. The van der Waals surface area contributed by atoms with Gasteiger partial charge in [0.15, 0.2) is 0 Å². The van der Waals surface area contributed by atoms with Crippen molar-refractivity contribution >= 4 is 46.6 Å². The highest BCUT2D eigenvalue weighted by Gasteiger charge is 2.27. The van der Waals surface area contributed by atoms with Crippen molar-refractivity contribution in [1.29, 1.82) is 0 Å². The fraction of sp³-hybridized carbons (Fsp3) is 0.364. The Kier molecular flexibility index (Phi) is 9.40. The maximum atomic E-state index is 14.2. The Labute approximate surface area is 191 Å². The van der Waals surface area contributed by atoms with Gasteiger partial charge in [0.25, 0.3) is 0 Å². The van der Waals surface area contributed by atoms with Crippen molar-refractivity contribution in [2.24, 2.45) is 0 Å². The van der Waals surface area contributed by atoms with Gasteiger partial charge in [-0.2, -0.15) is 0 Å². The van der Waals surface area contributed by atoms with Gasteiger partial charge in [-0.25, -0.2) is 4.39 Å². The van der Waals surface area contributed by atoms with Crippen LogP contribution < -0.4 is 5.32 Å². The van der Waals surface area contributed by atoms with Gasteiger partial charge in [-0.05, 0) is 43.2 Å². The van der Waals surface area contributed by atoms with E-state index in [2.05, 4.69) is 5.32 Å². The van der Waals surface area contributed by atoms with E-state index in [-0.39, 0.29) is 29.5 Å². The molecule has 0 aliphatic carbocycles. The lowest BCUT2D eigenvalue weighted by Crippen LogP contribution is -2.48. The third-order valence-corrected chi connectivity index (χ3v) is 5.68. The van der Waals surface area contributed by atoms with E-state index < -0.39 is 17.8 Å². The van der Waals surface area contributed by atoms with Crippen LogP contribution in [-0.4, -0.2) is 29.3 Å². The van der Waals surface area contributed by atoms with Crippen LogP contribution in [0.1, 0.15) is 37.8 Å². The molecule has 1 N–H and O–H groups in total. The molecule has 0 bridgehead atoms. The summed E-state index contributed by atoms with van der Waals surface area (Å²) in [6.45, 7) is 4.24. The number of rotatable bonds is 9. The van der Waals surface area contributed by atoms with Crippen molar-refractivity contribution in [3.63, 3.8) is 0 Å². The number of carbonyl (C=O) groups excluding carboxylic acids is 2. The second-order valence-corrected chi connectivity index (χ2v) is 8.21. The van der Waals surface area contributed by atoms with Gasteiger partial charge in [0, 0.05) is 33.7 Å². The zero-order valence-corrected chi connectivity index (χ0v) is 19.1. The molecule has 0 radical (unpaired) electrons. The molecular weight excluding hydrogens is 450 g/mol. The fourth-order valence-corrected chi connectivity index (χ4v) is 3.60. The predicted octanol–water partition coefficient (Wildman–Crippen LogP) is 5.66. The zero-order chi connectivity index (χ0) is 22.3. The molecule has 0 saturated heterocycles. The molecule has 0 aliphatic rings. The van der Waals surface area contributed by atoms with Crippen LogP contribution in [0.3, 0.4) is 0 Å². The lowest BCUT2D eigenvalue weighted by Gasteiger charge is -2.29. The molecule has 1 atom stereocenters. The Balaban J connectivity index is 2.29. The third-order valence-electron chi connectivity index (χ3n) is 4.74. The van der Waals surface area contributed by atoms with Crippen LogP contribution in [0.15, 0.2) is 36.4 Å². The quantitative estimate of drug-likeness (QED) is 0.478. The second-order valence-electron chi connectivity index (χ2n) is 6.95. The van der Waals surface area contributed by atoms with E-state index in [4.69, 9.17) is 34.8 Å². The van der Waals surface area contributed by atoms with E-state index in [0.29, 0.717) is 22.2 Å². The molecular formula is C22H24Cl3FN2O2. The molecule has 162 valence electrons. The highest BCUT2D eigenvalue weighted by Crippen LogP contribution is 2.25. The number of nitrogens with one attached hydrogen (secondary N) is 1. The summed E-state index contributed by atoms with van der Waals surface area (Å²) in [6.07, 6.45) is 1.49. The molecule has 2 rings (SSSR count). The van der Waals surface area contributed by atoms with Crippen molar-refractivity contribution < 1.29 is 14.0 Å². The Bertz CT molecular complexity index is 888. The third kappa shape index (κ3) is 6.59. The first-order valence-electron chi connectivity index (χ1n) is 9.68. The Hall–Kier alpha value is -1.82. The molecule has 0 spiro atoms. The smallest absolute Gasteiger partial charge is 0.242 e. The summed E-state index contributed by atoms with van der Waals surface area (Å²) in [6, 6.07) is 8.38. The van der Waals surface area contributed by atoms with E-state index in [1.807, 2.05) is 6.92 Å². The minimum atomic E-state index is -0.786. The van der Waals surface area contributed by atoms with Gasteiger partial charge >= 0.3 is 0 Å². The number of nitrogens with zero attached hydrogens (tertiary/aromatic N) is 1. The SMILES string of the molecule is CCCCNC(=O)[C@H](C)N(Cc1ccc(Cl)cc1Cl)C(=O)Cc1c(F)cccc1Cl. The van der Waals surface area contributed by atoms with Crippen molar-refractivity contribution in [2.75, 3.05) is 6.54 Å². The number of hydrogen-bond acceptors (Lipinski definition) is 2. The lowest BCUT2D eigenvalue weighted by molar-refractivity contribution is -0.140. The topological polar surface area (TPSA) is 49.4 Å². The fourth-order valence-electron chi connectivity index (χ4n) is 2.91. The van der Waals surface area contributed by atoms with Gasteiger partial charge in [-0.1, -0.05) is 60.3 Å². The Morgan fingerprint density at radius 3 is 2.50 bits per heavy atom. The van der Waals surface area contributed by atoms with Crippen LogP contribution in [0.4, 0.5) is 4.39 Å². The van der Waals surface area contributed by atoms with Gasteiger partial charge in [-0.3, -0.25) is 9.59 Å². The van der Waals surface area contributed by atoms with Gasteiger partial charge in [-0.15, -0.1) is 0 Å². The molecule has 2 amide bonds. The highest BCUT2D eigenvalue weighted by atomic mass is 35.5. The molecule has 0 aliphatic heterocycles. The summed E-state index contributed by atoms with van der Waals surface area (Å²) in [5.74, 6) is -1.30. The van der Waals surface area contributed by atoms with Gasteiger partial charge < -0.3 is 10.2 Å².